The van der Waals surface area contributed by atoms with Crippen LogP contribution in [0.15, 0.2) is 42.2 Å². The topological polar surface area (TPSA) is 25.0 Å². The van der Waals surface area contributed by atoms with Crippen LogP contribution in [-0.2, 0) is 4.74 Å². The van der Waals surface area contributed by atoms with Gasteiger partial charge in [-0.25, -0.2) is 0 Å². The van der Waals surface area contributed by atoms with E-state index in [9.17, 15) is 0 Å². The number of aromatic nitrogens is 1. The molecule has 2 bridgehead atoms. The lowest BCUT2D eigenvalue weighted by molar-refractivity contribution is 0.118. The Morgan fingerprint density at radius 2 is 2.12 bits per heavy atom. The van der Waals surface area contributed by atoms with Gasteiger partial charge >= 0.3 is 0 Å². The van der Waals surface area contributed by atoms with Crippen molar-refractivity contribution in [2.24, 2.45) is 0 Å². The lowest BCUT2D eigenvalue weighted by Gasteiger charge is -2.24. The molecule has 17 heavy (non-hydrogen) atoms. The second-order valence-electron chi connectivity index (χ2n) is 4.69. The zero-order valence-electron chi connectivity index (χ0n) is 9.44. The van der Waals surface area contributed by atoms with Crippen LogP contribution in [-0.4, -0.2) is 4.98 Å². The summed E-state index contributed by atoms with van der Waals surface area (Å²) in [5, 5.41) is 1.29. The second-order valence-corrected chi connectivity index (χ2v) is 4.69. The molecule has 1 aromatic heterocycles. The average Bonchev–Trinajstić information content (AvgIpc) is 2.71. The molecule has 0 saturated carbocycles. The number of hydrogen-bond acceptors (Lipinski definition) is 1. The summed E-state index contributed by atoms with van der Waals surface area (Å²) in [6, 6.07) is 8.44. The van der Waals surface area contributed by atoms with Gasteiger partial charge in [-0.1, -0.05) is 30.4 Å². The van der Waals surface area contributed by atoms with Crippen molar-refractivity contribution >= 4 is 17.0 Å². The van der Waals surface area contributed by atoms with Crippen LogP contribution >= 0.6 is 0 Å². The molecule has 0 radical (unpaired) electrons. The molecular weight excluding hydrogens is 210 g/mol. The van der Waals surface area contributed by atoms with Gasteiger partial charge in [-0.2, -0.15) is 0 Å². The number of hydrogen-bond donors (Lipinski definition) is 1. The highest BCUT2D eigenvalue weighted by atomic mass is 16.5. The van der Waals surface area contributed by atoms with E-state index in [1.165, 1.54) is 27.7 Å². The Morgan fingerprint density at radius 1 is 1.18 bits per heavy atom. The van der Waals surface area contributed by atoms with E-state index >= 15 is 0 Å². The average molecular weight is 223 g/mol. The monoisotopic (exact) mass is 223 g/mol. The minimum Gasteiger partial charge on any atom is -0.491 e. The first kappa shape index (κ1) is 9.11. The number of aromatic amines is 1. The van der Waals surface area contributed by atoms with E-state index in [-0.39, 0.29) is 6.10 Å². The molecule has 1 unspecified atom stereocenters. The van der Waals surface area contributed by atoms with Gasteiger partial charge in [0.05, 0.1) is 12.0 Å². The molecule has 2 nitrogen and oxygen atoms in total. The van der Waals surface area contributed by atoms with Crippen LogP contribution in [0, 0.1) is 0 Å². The lowest BCUT2D eigenvalue weighted by Crippen LogP contribution is -2.09. The number of ether oxygens (including phenoxy) is 1. The van der Waals surface area contributed by atoms with Gasteiger partial charge in [-0.05, 0) is 24.5 Å². The van der Waals surface area contributed by atoms with Gasteiger partial charge in [0.1, 0.15) is 6.10 Å². The largest absolute Gasteiger partial charge is 0.491 e. The summed E-state index contributed by atoms with van der Waals surface area (Å²) >= 11 is 0. The van der Waals surface area contributed by atoms with Crippen molar-refractivity contribution in [3.8, 4) is 0 Å². The molecular formula is C15H13NO. The second kappa shape index (κ2) is 3.27. The summed E-state index contributed by atoms with van der Waals surface area (Å²) in [6.07, 6.45) is 8.65. The molecule has 1 N–H and O–H groups in total. The molecule has 1 aromatic carbocycles. The van der Waals surface area contributed by atoms with Crippen LogP contribution in [0.4, 0.5) is 0 Å². The van der Waals surface area contributed by atoms with Crippen molar-refractivity contribution in [1.82, 2.24) is 4.98 Å². The molecule has 5 rings (SSSR count). The third-order valence-corrected chi connectivity index (χ3v) is 3.64. The zero-order chi connectivity index (χ0) is 11.2. The maximum Gasteiger partial charge on any atom is 0.138 e. The van der Waals surface area contributed by atoms with Crippen molar-refractivity contribution in [2.75, 3.05) is 0 Å². The highest BCUT2D eigenvalue weighted by Crippen LogP contribution is 2.38. The van der Waals surface area contributed by atoms with Crippen LogP contribution < -0.4 is 0 Å². The fourth-order valence-electron chi connectivity index (χ4n) is 2.74. The molecule has 3 heterocycles. The molecule has 1 atom stereocenters. The predicted molar refractivity (Wildman–Crippen MR) is 68.5 cm³/mol. The van der Waals surface area contributed by atoms with Gasteiger partial charge in [0.2, 0.25) is 0 Å². The first-order valence-electron chi connectivity index (χ1n) is 6.05. The van der Waals surface area contributed by atoms with E-state index in [0.717, 1.165) is 12.8 Å². The number of fused-ring (bicyclic) bond motifs is 3. The summed E-state index contributed by atoms with van der Waals surface area (Å²) in [5.41, 5.74) is 4.99. The fourth-order valence-corrected chi connectivity index (χ4v) is 2.74. The third-order valence-electron chi connectivity index (χ3n) is 3.64. The maximum absolute atomic E-state index is 5.79. The minimum atomic E-state index is 0.186. The number of allylic oxidation sites excluding steroid dienone is 2. The maximum atomic E-state index is 5.79. The Balaban J connectivity index is 2.04. The zero-order valence-corrected chi connectivity index (χ0v) is 9.44. The van der Waals surface area contributed by atoms with E-state index in [1.807, 2.05) is 6.26 Å². The number of nitrogens with one attached hydrogen (secondary N) is 1. The fraction of sp³-hybridized carbons (Fsp3) is 0.200. The first-order valence-corrected chi connectivity index (χ1v) is 6.05. The van der Waals surface area contributed by atoms with Gasteiger partial charge in [-0.3, -0.25) is 0 Å². The molecule has 2 aliphatic heterocycles. The predicted octanol–water partition coefficient (Wildman–Crippen LogP) is 3.93. The molecule has 0 fully saturated rings. The third kappa shape index (κ3) is 1.27. The molecule has 84 valence electrons. The quantitative estimate of drug-likeness (QED) is 0.719. The van der Waals surface area contributed by atoms with Crippen molar-refractivity contribution in [1.29, 1.82) is 0 Å². The van der Waals surface area contributed by atoms with Crippen LogP contribution in [0.25, 0.3) is 17.0 Å². The highest BCUT2D eigenvalue weighted by Gasteiger charge is 2.24. The lowest BCUT2D eigenvalue weighted by atomic mass is 9.96. The van der Waals surface area contributed by atoms with Crippen molar-refractivity contribution < 1.29 is 4.74 Å². The van der Waals surface area contributed by atoms with Crippen LogP contribution in [0.2, 0.25) is 0 Å². The first-order chi connectivity index (χ1) is 8.42. The summed E-state index contributed by atoms with van der Waals surface area (Å²) in [6.45, 7) is 0. The van der Waals surface area contributed by atoms with E-state index in [1.54, 1.807) is 0 Å². The van der Waals surface area contributed by atoms with Crippen LogP contribution in [0.5, 0.6) is 0 Å². The summed E-state index contributed by atoms with van der Waals surface area (Å²) < 4.78 is 5.79. The number of para-hydroxylation sites is 1. The standard InChI is InChI=1S/C15H13NO/c1-2-4-13-11(3-1)12-7-5-10-6-8-14(17-9-10)15(12)16-13/h1-5,7,9,14,16H,6,8H2. The Hall–Kier alpha value is -1.96. The molecule has 3 aliphatic rings. The minimum absolute atomic E-state index is 0.186. The van der Waals surface area contributed by atoms with Gasteiger partial charge in [0, 0.05) is 16.5 Å². The number of rotatable bonds is 0. The molecule has 0 saturated heterocycles. The van der Waals surface area contributed by atoms with Gasteiger partial charge in [-0.15, -0.1) is 0 Å². The Kier molecular flexibility index (Phi) is 1.75. The van der Waals surface area contributed by atoms with E-state index in [0.29, 0.717) is 0 Å². The van der Waals surface area contributed by atoms with E-state index in [4.69, 9.17) is 4.74 Å². The van der Waals surface area contributed by atoms with Gasteiger partial charge in [0.25, 0.3) is 0 Å². The SMILES string of the molecule is C1=Cc2c([nH]c3ccccc23)C2CCC1=CO2. The molecule has 1 aliphatic carbocycles. The summed E-state index contributed by atoms with van der Waals surface area (Å²) in [7, 11) is 0. The van der Waals surface area contributed by atoms with E-state index < -0.39 is 0 Å². The Bertz CT molecular complexity index is 648. The Labute approximate surface area is 99.6 Å². The van der Waals surface area contributed by atoms with Gasteiger partial charge < -0.3 is 9.72 Å². The van der Waals surface area contributed by atoms with E-state index in [2.05, 4.69) is 41.4 Å². The van der Waals surface area contributed by atoms with Crippen molar-refractivity contribution in [2.45, 2.75) is 18.9 Å². The Morgan fingerprint density at radius 3 is 3.00 bits per heavy atom. The molecule has 0 spiro atoms. The van der Waals surface area contributed by atoms with Crippen LogP contribution in [0.1, 0.15) is 30.2 Å². The summed E-state index contributed by atoms with van der Waals surface area (Å²) in [5.74, 6) is 0. The molecule has 2 heteroatoms. The smallest absolute Gasteiger partial charge is 0.138 e. The normalized spacial score (nSPS) is 21.6. The van der Waals surface area contributed by atoms with Crippen molar-refractivity contribution in [3.05, 3.63) is 53.4 Å². The molecule has 0 amide bonds. The molecule has 2 aromatic rings. The van der Waals surface area contributed by atoms with Crippen molar-refractivity contribution in [3.63, 3.8) is 0 Å². The number of benzene rings is 1. The number of H-pyrrole nitrogens is 1. The van der Waals surface area contributed by atoms with Crippen LogP contribution in [0.3, 0.4) is 0 Å². The summed E-state index contributed by atoms with van der Waals surface area (Å²) in [4.78, 5) is 3.50. The highest BCUT2D eigenvalue weighted by molar-refractivity contribution is 5.91. The van der Waals surface area contributed by atoms with Gasteiger partial charge in [0.15, 0.2) is 0 Å².